The Kier molecular flexibility index (Phi) is 7.28. The van der Waals surface area contributed by atoms with Crippen LogP contribution < -0.4 is 0 Å². The summed E-state index contributed by atoms with van der Waals surface area (Å²) in [6, 6.07) is 0. The van der Waals surface area contributed by atoms with Gasteiger partial charge in [0.15, 0.2) is 0 Å². The molecule has 2 nitrogen and oxygen atoms in total. The third-order valence-corrected chi connectivity index (χ3v) is 4.32. The first kappa shape index (κ1) is 19.2. The van der Waals surface area contributed by atoms with Gasteiger partial charge in [-0.1, -0.05) is 55.4 Å². The molecule has 0 saturated heterocycles. The smallest absolute Gasteiger partial charge is 0.330 e. The Balaban J connectivity index is 2.77. The SMILES string of the molecule is COC(=O)\C=C(C)/C=C\C=C(C)\C=C\C1=C(C)CCCC1(C)C. The van der Waals surface area contributed by atoms with Crippen LogP contribution >= 0.6 is 0 Å². The second-order valence-corrected chi connectivity index (χ2v) is 6.95. The fraction of sp³-hybridized carbons (Fsp3) is 0.476. The van der Waals surface area contributed by atoms with Gasteiger partial charge in [0, 0.05) is 6.08 Å². The van der Waals surface area contributed by atoms with Crippen LogP contribution in [-0.4, -0.2) is 13.1 Å². The largest absolute Gasteiger partial charge is 0.466 e. The highest BCUT2D eigenvalue weighted by molar-refractivity contribution is 5.83. The maximum Gasteiger partial charge on any atom is 0.330 e. The van der Waals surface area contributed by atoms with Crippen molar-refractivity contribution in [2.24, 2.45) is 5.41 Å². The summed E-state index contributed by atoms with van der Waals surface area (Å²) in [6.45, 7) is 10.9. The van der Waals surface area contributed by atoms with Gasteiger partial charge >= 0.3 is 5.97 Å². The van der Waals surface area contributed by atoms with Crippen LogP contribution in [0.15, 0.2) is 58.7 Å². The average Bonchev–Trinajstić information content (AvgIpc) is 2.45. The Morgan fingerprint density at radius 3 is 2.48 bits per heavy atom. The van der Waals surface area contributed by atoms with Crippen LogP contribution in [0.25, 0.3) is 0 Å². The van der Waals surface area contributed by atoms with Crippen molar-refractivity contribution in [2.45, 2.75) is 53.9 Å². The molecule has 126 valence electrons. The number of ether oxygens (including phenoxy) is 1. The monoisotopic (exact) mass is 314 g/mol. The lowest BCUT2D eigenvalue weighted by Gasteiger charge is -2.32. The number of allylic oxidation sites excluding steroid dienone is 9. The van der Waals surface area contributed by atoms with E-state index in [1.165, 1.54) is 49.2 Å². The Morgan fingerprint density at radius 1 is 1.17 bits per heavy atom. The van der Waals surface area contributed by atoms with E-state index in [0.717, 1.165) is 5.57 Å². The third kappa shape index (κ3) is 6.43. The van der Waals surface area contributed by atoms with Crippen molar-refractivity contribution >= 4 is 5.97 Å². The number of esters is 1. The first-order chi connectivity index (χ1) is 10.8. The van der Waals surface area contributed by atoms with Crippen molar-refractivity contribution in [1.82, 2.24) is 0 Å². The average molecular weight is 314 g/mol. The summed E-state index contributed by atoms with van der Waals surface area (Å²) < 4.78 is 4.60. The molecule has 0 amide bonds. The van der Waals surface area contributed by atoms with E-state index >= 15 is 0 Å². The molecule has 0 fully saturated rings. The summed E-state index contributed by atoms with van der Waals surface area (Å²) in [6.07, 6.45) is 15.6. The molecule has 0 saturated carbocycles. The molecule has 0 spiro atoms. The number of hydrogen-bond donors (Lipinski definition) is 0. The van der Waals surface area contributed by atoms with Crippen LogP contribution in [0.1, 0.15) is 53.9 Å². The molecule has 0 atom stereocenters. The van der Waals surface area contributed by atoms with Gasteiger partial charge in [-0.2, -0.15) is 0 Å². The van der Waals surface area contributed by atoms with Gasteiger partial charge in [0.05, 0.1) is 7.11 Å². The number of carbonyl (C=O) groups excluding carboxylic acids is 1. The highest BCUT2D eigenvalue weighted by Crippen LogP contribution is 2.40. The summed E-state index contributed by atoms with van der Waals surface area (Å²) in [5.74, 6) is -0.324. The van der Waals surface area contributed by atoms with E-state index in [1.807, 2.05) is 19.1 Å². The van der Waals surface area contributed by atoms with Gasteiger partial charge in [0.1, 0.15) is 0 Å². The Labute approximate surface area is 141 Å². The topological polar surface area (TPSA) is 26.3 Å². The first-order valence-electron chi connectivity index (χ1n) is 8.26. The molecule has 1 aliphatic carbocycles. The van der Waals surface area contributed by atoms with Gasteiger partial charge in [0.25, 0.3) is 0 Å². The second kappa shape index (κ2) is 8.71. The first-order valence-corrected chi connectivity index (χ1v) is 8.26. The van der Waals surface area contributed by atoms with Crippen LogP contribution in [0.4, 0.5) is 0 Å². The zero-order valence-corrected chi connectivity index (χ0v) is 15.4. The van der Waals surface area contributed by atoms with E-state index in [2.05, 4.69) is 50.7 Å². The Hall–Kier alpha value is -1.83. The van der Waals surface area contributed by atoms with Crippen molar-refractivity contribution in [3.63, 3.8) is 0 Å². The molecule has 0 heterocycles. The number of hydrogen-bond acceptors (Lipinski definition) is 2. The quantitative estimate of drug-likeness (QED) is 0.370. The molecular formula is C21H30O2. The van der Waals surface area contributed by atoms with E-state index in [0.29, 0.717) is 0 Å². The lowest BCUT2D eigenvalue weighted by Crippen LogP contribution is -2.19. The van der Waals surface area contributed by atoms with E-state index in [-0.39, 0.29) is 11.4 Å². The Bertz CT molecular complexity index is 581. The minimum atomic E-state index is -0.324. The molecule has 23 heavy (non-hydrogen) atoms. The zero-order chi connectivity index (χ0) is 17.5. The summed E-state index contributed by atoms with van der Waals surface area (Å²) >= 11 is 0. The summed E-state index contributed by atoms with van der Waals surface area (Å²) in [7, 11) is 1.38. The fourth-order valence-electron chi connectivity index (χ4n) is 2.93. The molecule has 0 unspecified atom stereocenters. The lowest BCUT2D eigenvalue weighted by molar-refractivity contribution is -0.134. The molecule has 2 heteroatoms. The van der Waals surface area contributed by atoms with Gasteiger partial charge < -0.3 is 4.74 Å². The van der Waals surface area contributed by atoms with E-state index in [4.69, 9.17) is 0 Å². The van der Waals surface area contributed by atoms with Gasteiger partial charge in [0.2, 0.25) is 0 Å². The molecule has 0 N–H and O–H groups in total. The summed E-state index contributed by atoms with van der Waals surface area (Å²) in [5.41, 5.74) is 5.32. The van der Waals surface area contributed by atoms with Crippen LogP contribution in [0, 0.1) is 5.41 Å². The van der Waals surface area contributed by atoms with Crippen molar-refractivity contribution in [3.05, 3.63) is 58.7 Å². The summed E-state index contributed by atoms with van der Waals surface area (Å²) in [4.78, 5) is 11.1. The van der Waals surface area contributed by atoms with Gasteiger partial charge in [-0.05, 0) is 56.6 Å². The van der Waals surface area contributed by atoms with E-state index in [1.54, 1.807) is 0 Å². The maximum atomic E-state index is 11.1. The minimum Gasteiger partial charge on any atom is -0.466 e. The molecule has 0 aromatic heterocycles. The highest BCUT2D eigenvalue weighted by Gasteiger charge is 2.26. The van der Waals surface area contributed by atoms with Crippen molar-refractivity contribution in [2.75, 3.05) is 7.11 Å². The van der Waals surface area contributed by atoms with Crippen LogP contribution in [0.5, 0.6) is 0 Å². The summed E-state index contributed by atoms with van der Waals surface area (Å²) in [5, 5.41) is 0. The number of carbonyl (C=O) groups is 1. The molecular weight excluding hydrogens is 284 g/mol. The van der Waals surface area contributed by atoms with E-state index in [9.17, 15) is 4.79 Å². The predicted molar refractivity (Wildman–Crippen MR) is 98.1 cm³/mol. The van der Waals surface area contributed by atoms with Gasteiger partial charge in [-0.15, -0.1) is 0 Å². The van der Waals surface area contributed by atoms with Crippen LogP contribution in [0.2, 0.25) is 0 Å². The Morgan fingerprint density at radius 2 is 1.87 bits per heavy atom. The molecule has 1 rings (SSSR count). The molecule has 0 bridgehead atoms. The van der Waals surface area contributed by atoms with Crippen LogP contribution in [-0.2, 0) is 9.53 Å². The van der Waals surface area contributed by atoms with Crippen molar-refractivity contribution in [3.8, 4) is 0 Å². The molecule has 0 aliphatic heterocycles. The van der Waals surface area contributed by atoms with Crippen molar-refractivity contribution < 1.29 is 9.53 Å². The number of rotatable bonds is 5. The highest BCUT2D eigenvalue weighted by atomic mass is 16.5. The second-order valence-electron chi connectivity index (χ2n) is 6.95. The molecule has 0 radical (unpaired) electrons. The van der Waals surface area contributed by atoms with E-state index < -0.39 is 0 Å². The fourth-order valence-corrected chi connectivity index (χ4v) is 2.93. The third-order valence-electron chi connectivity index (χ3n) is 4.32. The van der Waals surface area contributed by atoms with Crippen LogP contribution in [0.3, 0.4) is 0 Å². The van der Waals surface area contributed by atoms with Crippen molar-refractivity contribution in [1.29, 1.82) is 0 Å². The van der Waals surface area contributed by atoms with Gasteiger partial charge in [-0.3, -0.25) is 0 Å². The number of methoxy groups -OCH3 is 1. The molecule has 1 aliphatic rings. The maximum absolute atomic E-state index is 11.1. The minimum absolute atomic E-state index is 0.273. The van der Waals surface area contributed by atoms with Gasteiger partial charge in [-0.25, -0.2) is 4.79 Å². The predicted octanol–water partition coefficient (Wildman–Crippen LogP) is 5.69. The standard InChI is InChI=1S/C21H30O2/c1-16(9-7-10-17(2)15-20(22)23-6)12-13-19-18(3)11-8-14-21(19,4)5/h7,9-10,12-13,15H,8,11,14H2,1-6H3/b10-7-,13-12+,16-9+,17-15-. The molecule has 0 aromatic carbocycles. The molecule has 0 aromatic rings. The lowest BCUT2D eigenvalue weighted by atomic mass is 9.72. The zero-order valence-electron chi connectivity index (χ0n) is 15.4. The normalized spacial score (nSPS) is 19.7.